The fraction of sp³-hybridized carbons (Fsp3) is 0.409. The minimum atomic E-state index is -0.0416. The Labute approximate surface area is 170 Å². The number of hydrogen-bond acceptors (Lipinski definition) is 5. The molecule has 4 rings (SSSR count). The smallest absolute Gasteiger partial charge is 0.274 e. The van der Waals surface area contributed by atoms with Crippen molar-refractivity contribution in [2.45, 2.75) is 51.9 Å². The number of aryl methyl sites for hydroxylation is 1. The molecule has 1 amide bonds. The summed E-state index contributed by atoms with van der Waals surface area (Å²) in [6.45, 7) is 4.08. The van der Waals surface area contributed by atoms with Gasteiger partial charge in [0.15, 0.2) is 5.69 Å². The second-order valence-electron chi connectivity index (χ2n) is 7.52. The number of aromatic nitrogens is 3. The first-order valence-corrected chi connectivity index (χ1v) is 10.1. The minimum absolute atomic E-state index is 0.0416. The molecule has 0 fully saturated rings. The molecule has 3 aromatic heterocycles. The molecule has 7 heteroatoms. The van der Waals surface area contributed by atoms with Gasteiger partial charge in [-0.25, -0.2) is 0 Å². The van der Waals surface area contributed by atoms with Gasteiger partial charge in [-0.15, -0.1) is 0 Å². The molecule has 1 aliphatic rings. The Morgan fingerprint density at radius 1 is 1.38 bits per heavy atom. The number of carbonyl (C=O) groups excluding carboxylic acids is 1. The summed E-state index contributed by atoms with van der Waals surface area (Å²) in [6.07, 6.45) is 7.87. The van der Waals surface area contributed by atoms with Gasteiger partial charge in [0.2, 0.25) is 0 Å². The number of nitrogens with one attached hydrogen (secondary N) is 1. The highest BCUT2D eigenvalue weighted by atomic mass is 16.3. The van der Waals surface area contributed by atoms with E-state index in [-0.39, 0.29) is 5.91 Å². The van der Waals surface area contributed by atoms with Crippen molar-refractivity contribution in [3.05, 3.63) is 71.2 Å². The molecule has 7 nitrogen and oxygen atoms in total. The Morgan fingerprint density at radius 2 is 2.28 bits per heavy atom. The lowest BCUT2D eigenvalue weighted by atomic mass is 9.91. The molecule has 1 aliphatic carbocycles. The third-order valence-electron chi connectivity index (χ3n) is 5.49. The molecule has 0 saturated heterocycles. The largest absolute Gasteiger partial charge is 0.472 e. The standard InChI is InChI=1S/C22H27N5O2/c1-3-27-20-8-7-17(24-13-18-6-4-5-10-23-18)12-19(20)21(25-27)22(28)26(2)14-16-9-11-29-15-16/h4-6,9-11,15,17,24H,3,7-8,12-14H2,1-2H3. The van der Waals surface area contributed by atoms with Gasteiger partial charge < -0.3 is 14.6 Å². The van der Waals surface area contributed by atoms with E-state index in [9.17, 15) is 4.79 Å². The van der Waals surface area contributed by atoms with Crippen LogP contribution in [0.5, 0.6) is 0 Å². The number of furan rings is 1. The van der Waals surface area contributed by atoms with E-state index >= 15 is 0 Å². The van der Waals surface area contributed by atoms with Crippen LogP contribution in [0.25, 0.3) is 0 Å². The van der Waals surface area contributed by atoms with E-state index in [2.05, 4.69) is 22.3 Å². The molecule has 0 radical (unpaired) electrons. The van der Waals surface area contributed by atoms with E-state index in [0.29, 0.717) is 18.3 Å². The molecule has 3 heterocycles. The van der Waals surface area contributed by atoms with Crippen molar-refractivity contribution in [2.75, 3.05) is 7.05 Å². The van der Waals surface area contributed by atoms with E-state index in [1.807, 2.05) is 42.2 Å². The van der Waals surface area contributed by atoms with Crippen LogP contribution in [0.15, 0.2) is 47.4 Å². The molecule has 1 unspecified atom stereocenters. The van der Waals surface area contributed by atoms with Gasteiger partial charge >= 0.3 is 0 Å². The number of amides is 1. The van der Waals surface area contributed by atoms with Crippen LogP contribution in [0.2, 0.25) is 0 Å². The normalized spacial score (nSPS) is 15.9. The van der Waals surface area contributed by atoms with Gasteiger partial charge in [0, 0.05) is 55.7 Å². The lowest BCUT2D eigenvalue weighted by Gasteiger charge is -2.25. The monoisotopic (exact) mass is 393 g/mol. The molecular weight excluding hydrogens is 366 g/mol. The Kier molecular flexibility index (Phi) is 5.76. The molecular formula is C22H27N5O2. The lowest BCUT2D eigenvalue weighted by molar-refractivity contribution is 0.0777. The van der Waals surface area contributed by atoms with Gasteiger partial charge in [0.25, 0.3) is 5.91 Å². The van der Waals surface area contributed by atoms with Crippen molar-refractivity contribution in [1.82, 2.24) is 25.0 Å². The first-order chi connectivity index (χ1) is 14.2. The molecule has 0 aromatic carbocycles. The summed E-state index contributed by atoms with van der Waals surface area (Å²) < 4.78 is 7.11. The highest BCUT2D eigenvalue weighted by Crippen LogP contribution is 2.26. The van der Waals surface area contributed by atoms with Crippen LogP contribution >= 0.6 is 0 Å². The SMILES string of the molecule is CCn1nc(C(=O)N(C)Cc2ccoc2)c2c1CCC(NCc1ccccn1)C2. The maximum Gasteiger partial charge on any atom is 0.274 e. The summed E-state index contributed by atoms with van der Waals surface area (Å²) in [6, 6.07) is 8.14. The van der Waals surface area contributed by atoms with E-state index in [1.54, 1.807) is 17.4 Å². The molecule has 0 bridgehead atoms. The first kappa shape index (κ1) is 19.4. The van der Waals surface area contributed by atoms with E-state index in [0.717, 1.165) is 49.2 Å². The van der Waals surface area contributed by atoms with Crippen molar-refractivity contribution in [1.29, 1.82) is 0 Å². The van der Waals surface area contributed by atoms with Crippen molar-refractivity contribution in [3.63, 3.8) is 0 Å². The lowest BCUT2D eigenvalue weighted by Crippen LogP contribution is -2.35. The topological polar surface area (TPSA) is 76.2 Å². The zero-order chi connectivity index (χ0) is 20.2. The minimum Gasteiger partial charge on any atom is -0.472 e. The summed E-state index contributed by atoms with van der Waals surface area (Å²) in [7, 11) is 1.81. The number of rotatable bonds is 7. The first-order valence-electron chi connectivity index (χ1n) is 10.1. The number of pyridine rings is 1. The number of fused-ring (bicyclic) bond motifs is 1. The maximum absolute atomic E-state index is 13.1. The number of carbonyl (C=O) groups is 1. The van der Waals surface area contributed by atoms with Gasteiger partial charge in [-0.05, 0) is 44.4 Å². The van der Waals surface area contributed by atoms with Gasteiger partial charge in [-0.3, -0.25) is 14.5 Å². The molecule has 152 valence electrons. The summed E-state index contributed by atoms with van der Waals surface area (Å²) in [4.78, 5) is 19.2. The zero-order valence-electron chi connectivity index (χ0n) is 17.0. The van der Waals surface area contributed by atoms with E-state index in [1.165, 1.54) is 5.69 Å². The third kappa shape index (κ3) is 4.24. The van der Waals surface area contributed by atoms with Crippen LogP contribution in [0.1, 0.15) is 46.3 Å². The Bertz CT molecular complexity index is 949. The molecule has 1 N–H and O–H groups in total. The van der Waals surface area contributed by atoms with Crippen molar-refractivity contribution in [3.8, 4) is 0 Å². The molecule has 3 aromatic rings. The average Bonchev–Trinajstić information content (AvgIpc) is 3.39. The van der Waals surface area contributed by atoms with Crippen LogP contribution in [0.3, 0.4) is 0 Å². The highest BCUT2D eigenvalue weighted by Gasteiger charge is 2.30. The Balaban J connectivity index is 1.49. The summed E-state index contributed by atoms with van der Waals surface area (Å²) in [5, 5.41) is 8.28. The fourth-order valence-corrected chi connectivity index (χ4v) is 3.96. The maximum atomic E-state index is 13.1. The molecule has 0 spiro atoms. The molecule has 0 aliphatic heterocycles. The van der Waals surface area contributed by atoms with Gasteiger partial charge in [-0.2, -0.15) is 5.10 Å². The van der Waals surface area contributed by atoms with Crippen LogP contribution < -0.4 is 5.32 Å². The quantitative estimate of drug-likeness (QED) is 0.668. The van der Waals surface area contributed by atoms with Gasteiger partial charge in [-0.1, -0.05) is 6.07 Å². The van der Waals surface area contributed by atoms with Crippen molar-refractivity contribution in [2.24, 2.45) is 0 Å². The number of hydrogen-bond donors (Lipinski definition) is 1. The van der Waals surface area contributed by atoms with Crippen LogP contribution in [0, 0.1) is 0 Å². The second kappa shape index (κ2) is 8.61. The van der Waals surface area contributed by atoms with E-state index in [4.69, 9.17) is 4.42 Å². The predicted molar refractivity (Wildman–Crippen MR) is 109 cm³/mol. The van der Waals surface area contributed by atoms with Crippen molar-refractivity contribution >= 4 is 5.91 Å². The highest BCUT2D eigenvalue weighted by molar-refractivity contribution is 5.94. The van der Waals surface area contributed by atoms with Crippen LogP contribution in [-0.4, -0.2) is 38.7 Å². The Hall–Kier alpha value is -2.93. The van der Waals surface area contributed by atoms with Crippen molar-refractivity contribution < 1.29 is 9.21 Å². The van der Waals surface area contributed by atoms with Crippen LogP contribution in [-0.2, 0) is 32.5 Å². The number of nitrogens with zero attached hydrogens (tertiary/aromatic N) is 4. The summed E-state index contributed by atoms with van der Waals surface area (Å²) in [5.74, 6) is -0.0416. The van der Waals surface area contributed by atoms with Crippen LogP contribution in [0.4, 0.5) is 0 Å². The average molecular weight is 393 g/mol. The second-order valence-corrected chi connectivity index (χ2v) is 7.52. The molecule has 0 saturated carbocycles. The molecule has 1 atom stereocenters. The summed E-state index contributed by atoms with van der Waals surface area (Å²) >= 11 is 0. The van der Waals surface area contributed by atoms with Gasteiger partial charge in [0.05, 0.1) is 18.2 Å². The summed E-state index contributed by atoms with van der Waals surface area (Å²) in [5.41, 5.74) is 4.86. The zero-order valence-corrected chi connectivity index (χ0v) is 17.0. The molecule has 29 heavy (non-hydrogen) atoms. The fourth-order valence-electron chi connectivity index (χ4n) is 3.96. The predicted octanol–water partition coefficient (Wildman–Crippen LogP) is 2.81. The van der Waals surface area contributed by atoms with E-state index < -0.39 is 0 Å². The third-order valence-corrected chi connectivity index (χ3v) is 5.49. The van der Waals surface area contributed by atoms with Gasteiger partial charge in [0.1, 0.15) is 0 Å². The Morgan fingerprint density at radius 3 is 3.00 bits per heavy atom.